The average Bonchev–Trinajstić information content (AvgIpc) is 2.92. The third kappa shape index (κ3) is 5.30. The van der Waals surface area contributed by atoms with E-state index in [-0.39, 0.29) is 11.8 Å². The number of carbonyl (C=O) groups excluding carboxylic acids is 2. The second-order valence-corrected chi connectivity index (χ2v) is 9.40. The van der Waals surface area contributed by atoms with Crippen molar-refractivity contribution >= 4 is 17.6 Å². The van der Waals surface area contributed by atoms with Crippen LogP contribution in [0.15, 0.2) is 36.5 Å². The van der Waals surface area contributed by atoms with Crippen LogP contribution >= 0.6 is 0 Å². The van der Waals surface area contributed by atoms with Gasteiger partial charge >= 0.3 is 0 Å². The van der Waals surface area contributed by atoms with Crippen molar-refractivity contribution < 1.29 is 9.59 Å². The van der Waals surface area contributed by atoms with Gasteiger partial charge in [-0.15, -0.1) is 0 Å². The first-order valence-electron chi connectivity index (χ1n) is 12.4. The highest BCUT2D eigenvalue weighted by Crippen LogP contribution is 2.27. The average molecular weight is 475 g/mol. The number of pyridine rings is 1. The molecule has 8 nitrogen and oxygen atoms in total. The molecule has 1 aromatic heterocycles. The highest BCUT2D eigenvalue weighted by molar-refractivity contribution is 5.94. The molecule has 1 N–H and O–H groups in total. The van der Waals surface area contributed by atoms with Gasteiger partial charge < -0.3 is 15.1 Å². The molecule has 2 fully saturated rings. The normalized spacial score (nSPS) is 19.3. The Labute approximate surface area is 207 Å². The number of nitrogens with zero attached hydrogens (tertiary/aromatic N) is 5. The topological polar surface area (TPSA) is 92.6 Å². The van der Waals surface area contributed by atoms with Gasteiger partial charge in [-0.3, -0.25) is 14.5 Å². The summed E-state index contributed by atoms with van der Waals surface area (Å²) in [6.45, 7) is 8.53. The number of hydrogen-bond donors (Lipinski definition) is 1. The lowest BCUT2D eigenvalue weighted by molar-refractivity contribution is 0.0490. The number of aromatic nitrogens is 1. The van der Waals surface area contributed by atoms with Crippen LogP contribution in [0.25, 0.3) is 0 Å². The van der Waals surface area contributed by atoms with Crippen LogP contribution in [0.4, 0.5) is 5.82 Å². The van der Waals surface area contributed by atoms with Gasteiger partial charge in [-0.25, -0.2) is 4.98 Å². The number of anilines is 1. The van der Waals surface area contributed by atoms with E-state index in [1.54, 1.807) is 37.5 Å². The molecular formula is C27H34N6O2. The van der Waals surface area contributed by atoms with Gasteiger partial charge in [0.2, 0.25) is 0 Å². The van der Waals surface area contributed by atoms with E-state index >= 15 is 0 Å². The highest BCUT2D eigenvalue weighted by Gasteiger charge is 2.34. The van der Waals surface area contributed by atoms with Gasteiger partial charge in [0.25, 0.3) is 11.8 Å². The van der Waals surface area contributed by atoms with Crippen LogP contribution in [-0.2, 0) is 0 Å². The van der Waals surface area contributed by atoms with Crippen molar-refractivity contribution in [2.24, 2.45) is 0 Å². The lowest BCUT2D eigenvalue weighted by Gasteiger charge is -2.48. The van der Waals surface area contributed by atoms with Crippen molar-refractivity contribution in [3.8, 4) is 6.07 Å². The quantitative estimate of drug-likeness (QED) is 0.716. The molecule has 0 spiro atoms. The molecule has 1 unspecified atom stereocenters. The molecule has 0 aliphatic carbocycles. The fourth-order valence-corrected chi connectivity index (χ4v) is 5.34. The molecule has 3 heterocycles. The van der Waals surface area contributed by atoms with Crippen LogP contribution in [0.3, 0.4) is 0 Å². The monoisotopic (exact) mass is 474 g/mol. The number of likely N-dealkylation sites (tertiary alicyclic amines) is 1. The van der Waals surface area contributed by atoms with Gasteiger partial charge in [0, 0.05) is 63.6 Å². The van der Waals surface area contributed by atoms with Gasteiger partial charge in [0.15, 0.2) is 0 Å². The fraction of sp³-hybridized carbons (Fsp3) is 0.481. The number of piperazine rings is 1. The van der Waals surface area contributed by atoms with Crippen molar-refractivity contribution in [1.82, 2.24) is 20.1 Å². The van der Waals surface area contributed by atoms with Gasteiger partial charge in [-0.2, -0.15) is 5.26 Å². The summed E-state index contributed by atoms with van der Waals surface area (Å²) in [5.41, 5.74) is 2.82. The number of amides is 2. The Morgan fingerprint density at radius 2 is 1.83 bits per heavy atom. The molecule has 1 aromatic carbocycles. The molecule has 35 heavy (non-hydrogen) atoms. The summed E-state index contributed by atoms with van der Waals surface area (Å²) >= 11 is 0. The summed E-state index contributed by atoms with van der Waals surface area (Å²) in [5.74, 6) is 0.887. The Bertz CT molecular complexity index is 1100. The summed E-state index contributed by atoms with van der Waals surface area (Å²) in [7, 11) is 1.63. The molecule has 2 saturated heterocycles. The molecule has 8 heteroatoms. The van der Waals surface area contributed by atoms with Crippen molar-refractivity contribution in [2.75, 3.05) is 44.7 Å². The Balaban J connectivity index is 1.36. The van der Waals surface area contributed by atoms with Gasteiger partial charge in [-0.05, 0) is 62.1 Å². The van der Waals surface area contributed by atoms with Crippen molar-refractivity contribution in [2.45, 2.75) is 45.2 Å². The zero-order valence-electron chi connectivity index (χ0n) is 20.8. The first kappa shape index (κ1) is 24.7. The lowest BCUT2D eigenvalue weighted by Crippen LogP contribution is -2.58. The first-order chi connectivity index (χ1) is 16.9. The number of carbonyl (C=O) groups is 2. The number of nitrogens with one attached hydrogen (secondary N) is 1. The van der Waals surface area contributed by atoms with Crippen LogP contribution in [0, 0.1) is 18.3 Å². The lowest BCUT2D eigenvalue weighted by atomic mass is 9.97. The van der Waals surface area contributed by atoms with E-state index in [9.17, 15) is 9.59 Å². The van der Waals surface area contributed by atoms with E-state index in [2.05, 4.69) is 33.1 Å². The molecule has 0 bridgehead atoms. The van der Waals surface area contributed by atoms with Crippen molar-refractivity contribution in [3.63, 3.8) is 0 Å². The van der Waals surface area contributed by atoms with E-state index in [4.69, 9.17) is 5.26 Å². The number of nitriles is 1. The molecule has 184 valence electrons. The maximum absolute atomic E-state index is 12.9. The second kappa shape index (κ2) is 10.9. The standard InChI is InChI=1S/C27H34N6O2/c1-4-23-18-32(25-19(2)15-22(17-30-25)26(34)29-3)13-14-33(23)24-9-11-31(12-10-24)27(35)21-7-5-20(16-28)6-8-21/h5-8,15,17,23-24H,4,9-14,18H2,1-3H3,(H,29,34). The summed E-state index contributed by atoms with van der Waals surface area (Å²) in [6.07, 6.45) is 4.65. The third-order valence-corrected chi connectivity index (χ3v) is 7.32. The SMILES string of the molecule is CCC1CN(c2ncc(C(=O)NC)cc2C)CCN1C1CCN(C(=O)c2ccc(C#N)cc2)CC1. The van der Waals surface area contributed by atoms with E-state index in [1.807, 2.05) is 17.9 Å². The summed E-state index contributed by atoms with van der Waals surface area (Å²) in [5, 5.41) is 11.6. The van der Waals surface area contributed by atoms with Crippen LogP contribution in [-0.4, -0.2) is 78.5 Å². The van der Waals surface area contributed by atoms with E-state index in [0.29, 0.717) is 28.8 Å². The zero-order chi connectivity index (χ0) is 24.9. The minimum absolute atomic E-state index is 0.0477. The summed E-state index contributed by atoms with van der Waals surface area (Å²) in [4.78, 5) is 36.4. The molecule has 4 rings (SSSR count). The minimum Gasteiger partial charge on any atom is -0.355 e. The maximum Gasteiger partial charge on any atom is 0.253 e. The molecule has 2 aromatic rings. The van der Waals surface area contributed by atoms with Gasteiger partial charge in [0.05, 0.1) is 17.2 Å². The Hall–Kier alpha value is -3.44. The number of aryl methyl sites for hydroxylation is 1. The van der Waals surface area contributed by atoms with Crippen LogP contribution in [0.1, 0.15) is 58.0 Å². The van der Waals surface area contributed by atoms with Crippen LogP contribution in [0.2, 0.25) is 0 Å². The molecule has 2 aliphatic heterocycles. The van der Waals surface area contributed by atoms with Crippen LogP contribution < -0.4 is 10.2 Å². The molecule has 2 aliphatic rings. The van der Waals surface area contributed by atoms with E-state index in [1.165, 1.54) is 0 Å². The Morgan fingerprint density at radius 1 is 1.11 bits per heavy atom. The first-order valence-corrected chi connectivity index (χ1v) is 12.4. The minimum atomic E-state index is -0.118. The number of piperidine rings is 1. The third-order valence-electron chi connectivity index (χ3n) is 7.32. The summed E-state index contributed by atoms with van der Waals surface area (Å²) < 4.78 is 0. The molecular weight excluding hydrogens is 440 g/mol. The predicted octanol–water partition coefficient (Wildman–Crippen LogP) is 2.83. The van der Waals surface area contributed by atoms with Gasteiger partial charge in [0.1, 0.15) is 5.82 Å². The van der Waals surface area contributed by atoms with Crippen molar-refractivity contribution in [3.05, 3.63) is 58.8 Å². The number of rotatable bonds is 5. The van der Waals surface area contributed by atoms with E-state index < -0.39 is 0 Å². The maximum atomic E-state index is 12.9. The molecule has 0 radical (unpaired) electrons. The number of hydrogen-bond acceptors (Lipinski definition) is 6. The van der Waals surface area contributed by atoms with Crippen molar-refractivity contribution in [1.29, 1.82) is 5.26 Å². The molecule has 1 atom stereocenters. The van der Waals surface area contributed by atoms with E-state index in [0.717, 1.165) is 63.4 Å². The predicted molar refractivity (Wildman–Crippen MR) is 135 cm³/mol. The zero-order valence-corrected chi connectivity index (χ0v) is 20.8. The fourth-order valence-electron chi connectivity index (χ4n) is 5.34. The largest absolute Gasteiger partial charge is 0.355 e. The number of benzene rings is 1. The Morgan fingerprint density at radius 3 is 2.43 bits per heavy atom. The summed E-state index contributed by atoms with van der Waals surface area (Å²) in [6, 6.07) is 11.8. The second-order valence-electron chi connectivity index (χ2n) is 9.40. The van der Waals surface area contributed by atoms with Gasteiger partial charge in [-0.1, -0.05) is 6.92 Å². The highest BCUT2D eigenvalue weighted by atomic mass is 16.2. The molecule has 0 saturated carbocycles. The smallest absolute Gasteiger partial charge is 0.253 e. The molecule has 2 amide bonds. The van der Waals surface area contributed by atoms with Crippen LogP contribution in [0.5, 0.6) is 0 Å². The Kier molecular flexibility index (Phi) is 7.67.